The average molecular weight is 293 g/mol. The molecule has 1 aromatic heterocycles. The third kappa shape index (κ3) is 3.16. The molecule has 76 valence electrons. The van der Waals surface area contributed by atoms with Gasteiger partial charge in [0, 0.05) is 4.88 Å². The molecule has 1 aromatic rings. The first-order chi connectivity index (χ1) is 5.52. The van der Waals surface area contributed by atoms with Crippen LogP contribution in [0, 0.1) is 6.92 Å². The van der Waals surface area contributed by atoms with E-state index in [1.165, 1.54) is 11.3 Å². The summed E-state index contributed by atoms with van der Waals surface area (Å²) in [5, 5.41) is 0. The first-order valence-electron chi connectivity index (χ1n) is 3.32. The highest BCUT2D eigenvalue weighted by molar-refractivity contribution is 9.11. The third-order valence-electron chi connectivity index (χ3n) is 1.48. The molecule has 0 fully saturated rings. The lowest BCUT2D eigenvalue weighted by Gasteiger charge is -2.06. The Morgan fingerprint density at radius 1 is 1.54 bits per heavy atom. The molecule has 13 heavy (non-hydrogen) atoms. The molecule has 0 saturated carbocycles. The zero-order valence-electron chi connectivity index (χ0n) is 6.76. The average Bonchev–Trinajstić information content (AvgIpc) is 2.30. The summed E-state index contributed by atoms with van der Waals surface area (Å²) in [6, 6.07) is 0.533. The van der Waals surface area contributed by atoms with Crippen LogP contribution in [0.1, 0.15) is 16.5 Å². The molecule has 0 aliphatic rings. The van der Waals surface area contributed by atoms with E-state index in [9.17, 15) is 8.78 Å². The summed E-state index contributed by atoms with van der Waals surface area (Å²) in [7, 11) is 0. The Bertz CT molecular complexity index is 260. The molecule has 0 spiro atoms. The maximum Gasteiger partial charge on any atom is 0.258 e. The second-order valence-electron chi connectivity index (χ2n) is 2.47. The van der Waals surface area contributed by atoms with Crippen molar-refractivity contribution in [3.8, 4) is 0 Å². The van der Waals surface area contributed by atoms with E-state index in [-0.39, 0.29) is 12.4 Å². The van der Waals surface area contributed by atoms with Gasteiger partial charge in [0.25, 0.3) is 6.43 Å². The van der Waals surface area contributed by atoms with E-state index in [0.717, 1.165) is 9.35 Å². The summed E-state index contributed by atoms with van der Waals surface area (Å²) in [5.74, 6) is 0. The lowest BCUT2D eigenvalue weighted by molar-refractivity contribution is 0.118. The molecule has 0 unspecified atom stereocenters. The minimum atomic E-state index is -2.49. The van der Waals surface area contributed by atoms with Gasteiger partial charge < -0.3 is 5.73 Å². The largest absolute Gasteiger partial charge is 0.319 e. The molecule has 0 radical (unpaired) electrons. The third-order valence-corrected chi connectivity index (χ3v) is 3.71. The van der Waals surface area contributed by atoms with Crippen LogP contribution in [0.15, 0.2) is 9.85 Å². The van der Waals surface area contributed by atoms with Crippen molar-refractivity contribution in [2.24, 2.45) is 5.73 Å². The van der Waals surface area contributed by atoms with Gasteiger partial charge in [-0.05, 0) is 34.5 Å². The predicted octanol–water partition coefficient (Wildman–Crippen LogP) is 3.51. The van der Waals surface area contributed by atoms with E-state index in [2.05, 4.69) is 15.9 Å². The van der Waals surface area contributed by atoms with Gasteiger partial charge in [-0.1, -0.05) is 0 Å². The van der Waals surface area contributed by atoms with Crippen LogP contribution in [0.2, 0.25) is 0 Å². The van der Waals surface area contributed by atoms with Crippen LogP contribution < -0.4 is 5.73 Å². The minimum Gasteiger partial charge on any atom is -0.319 e. The van der Waals surface area contributed by atoms with E-state index in [0.29, 0.717) is 4.88 Å². The van der Waals surface area contributed by atoms with Gasteiger partial charge in [0.15, 0.2) is 0 Å². The van der Waals surface area contributed by atoms with Crippen LogP contribution in [0.3, 0.4) is 0 Å². The number of thiophene rings is 1. The summed E-state index contributed by atoms with van der Waals surface area (Å²) < 4.78 is 25.1. The highest BCUT2D eigenvalue weighted by Crippen LogP contribution is 2.32. The van der Waals surface area contributed by atoms with Crippen molar-refractivity contribution in [1.82, 2.24) is 0 Å². The molecule has 0 aromatic carbocycles. The second-order valence-corrected chi connectivity index (χ2v) is 4.87. The zero-order valence-corrected chi connectivity index (χ0v) is 9.98. The molecular weight excluding hydrogens is 284 g/mol. The highest BCUT2D eigenvalue weighted by Gasteiger charge is 2.19. The van der Waals surface area contributed by atoms with E-state index >= 15 is 0 Å². The van der Waals surface area contributed by atoms with Crippen LogP contribution >= 0.6 is 39.7 Å². The molecule has 1 rings (SSSR count). The van der Waals surface area contributed by atoms with Gasteiger partial charge in [-0.3, -0.25) is 0 Å². The van der Waals surface area contributed by atoms with Crippen molar-refractivity contribution in [3.63, 3.8) is 0 Å². The summed E-state index contributed by atoms with van der Waals surface area (Å²) >= 11 is 4.51. The molecule has 0 bridgehead atoms. The monoisotopic (exact) mass is 291 g/mol. The van der Waals surface area contributed by atoms with Crippen LogP contribution in [-0.4, -0.2) is 6.43 Å². The van der Waals surface area contributed by atoms with Gasteiger partial charge >= 0.3 is 0 Å². The molecular formula is C7H9BrClF2NS. The number of hydrogen-bond donors (Lipinski definition) is 1. The van der Waals surface area contributed by atoms with Gasteiger partial charge in [-0.2, -0.15) is 0 Å². The Morgan fingerprint density at radius 2 is 2.08 bits per heavy atom. The zero-order chi connectivity index (χ0) is 9.30. The molecule has 1 atom stereocenters. The topological polar surface area (TPSA) is 26.0 Å². The SMILES string of the molecule is Cc1cc([C@@H](N)C(F)F)sc1Br.Cl. The summed E-state index contributed by atoms with van der Waals surface area (Å²) in [6.45, 7) is 1.85. The number of alkyl halides is 2. The Hall–Kier alpha value is 0.290. The summed E-state index contributed by atoms with van der Waals surface area (Å²) in [6.07, 6.45) is -2.49. The van der Waals surface area contributed by atoms with Crippen molar-refractivity contribution in [2.75, 3.05) is 0 Å². The van der Waals surface area contributed by atoms with Crippen molar-refractivity contribution in [2.45, 2.75) is 19.4 Å². The Balaban J connectivity index is 0.00000144. The Kier molecular flexibility index (Phi) is 5.36. The molecule has 2 N–H and O–H groups in total. The predicted molar refractivity (Wildman–Crippen MR) is 56.9 cm³/mol. The van der Waals surface area contributed by atoms with E-state index < -0.39 is 12.5 Å². The van der Waals surface area contributed by atoms with Crippen LogP contribution in [0.25, 0.3) is 0 Å². The lowest BCUT2D eigenvalue weighted by Crippen LogP contribution is -2.17. The molecule has 1 nitrogen and oxygen atoms in total. The standard InChI is InChI=1S/C7H8BrF2NS.ClH/c1-3-2-4(12-6(3)8)5(11)7(9)10;/h2,5,7H,11H2,1H3;1H/t5-;/m1./s1. The minimum absolute atomic E-state index is 0. The number of halogens is 4. The summed E-state index contributed by atoms with van der Waals surface area (Å²) in [4.78, 5) is 0.523. The maximum absolute atomic E-state index is 12.1. The van der Waals surface area contributed by atoms with E-state index in [4.69, 9.17) is 5.73 Å². The Labute approximate surface area is 93.9 Å². The molecule has 0 amide bonds. The first-order valence-corrected chi connectivity index (χ1v) is 4.93. The van der Waals surface area contributed by atoms with Crippen molar-refractivity contribution in [3.05, 3.63) is 20.3 Å². The normalized spacial score (nSPS) is 12.8. The van der Waals surface area contributed by atoms with Crippen LogP contribution in [0.4, 0.5) is 8.78 Å². The smallest absolute Gasteiger partial charge is 0.258 e. The highest BCUT2D eigenvalue weighted by atomic mass is 79.9. The van der Waals surface area contributed by atoms with E-state index in [1.807, 2.05) is 6.92 Å². The van der Waals surface area contributed by atoms with Crippen molar-refractivity contribution < 1.29 is 8.78 Å². The quantitative estimate of drug-likeness (QED) is 0.887. The van der Waals surface area contributed by atoms with Crippen molar-refractivity contribution in [1.29, 1.82) is 0 Å². The fourth-order valence-electron chi connectivity index (χ4n) is 0.772. The van der Waals surface area contributed by atoms with Crippen LogP contribution in [0.5, 0.6) is 0 Å². The van der Waals surface area contributed by atoms with Gasteiger partial charge in [-0.25, -0.2) is 8.78 Å². The maximum atomic E-state index is 12.1. The van der Waals surface area contributed by atoms with Gasteiger partial charge in [0.1, 0.15) is 6.04 Å². The molecule has 6 heteroatoms. The molecule has 1 heterocycles. The van der Waals surface area contributed by atoms with Gasteiger partial charge in [-0.15, -0.1) is 23.7 Å². The molecule has 0 aliphatic carbocycles. The number of aryl methyl sites for hydroxylation is 1. The fourth-order valence-corrected chi connectivity index (χ4v) is 2.35. The van der Waals surface area contributed by atoms with Crippen molar-refractivity contribution >= 4 is 39.7 Å². The number of nitrogens with two attached hydrogens (primary N) is 1. The Morgan fingerprint density at radius 3 is 2.38 bits per heavy atom. The van der Waals surface area contributed by atoms with Gasteiger partial charge in [0.05, 0.1) is 3.79 Å². The number of rotatable bonds is 2. The van der Waals surface area contributed by atoms with E-state index in [1.54, 1.807) is 6.07 Å². The first kappa shape index (κ1) is 13.3. The lowest BCUT2D eigenvalue weighted by atomic mass is 10.2. The van der Waals surface area contributed by atoms with Gasteiger partial charge in [0.2, 0.25) is 0 Å². The fraction of sp³-hybridized carbons (Fsp3) is 0.429. The summed E-state index contributed by atoms with van der Waals surface area (Å²) in [5.41, 5.74) is 6.21. The molecule has 0 aliphatic heterocycles. The molecule has 0 saturated heterocycles. The van der Waals surface area contributed by atoms with Crippen LogP contribution in [-0.2, 0) is 0 Å². The second kappa shape index (κ2) is 5.24. The number of hydrogen-bond acceptors (Lipinski definition) is 2.